The molecular formula is C14H17ClN2O3. The van der Waals surface area contributed by atoms with Crippen molar-refractivity contribution in [2.45, 2.75) is 25.8 Å². The van der Waals surface area contributed by atoms with Crippen molar-refractivity contribution in [3.8, 4) is 0 Å². The summed E-state index contributed by atoms with van der Waals surface area (Å²) in [5, 5.41) is 3.36. The molecular weight excluding hydrogens is 280 g/mol. The number of benzene rings is 1. The van der Waals surface area contributed by atoms with E-state index in [1.54, 1.807) is 31.2 Å². The van der Waals surface area contributed by atoms with Gasteiger partial charge in [-0.15, -0.1) is 0 Å². The Labute approximate surface area is 122 Å². The number of hydrogen-bond acceptors (Lipinski definition) is 3. The van der Waals surface area contributed by atoms with E-state index in [2.05, 4.69) is 5.32 Å². The van der Waals surface area contributed by atoms with E-state index >= 15 is 0 Å². The molecule has 1 heterocycles. The molecule has 0 spiro atoms. The molecule has 0 bridgehead atoms. The Morgan fingerprint density at radius 2 is 2.10 bits per heavy atom. The lowest BCUT2D eigenvalue weighted by Crippen LogP contribution is -2.43. The molecule has 108 valence electrons. The number of nitrogens with one attached hydrogen (secondary N) is 1. The molecule has 1 N–H and O–H groups in total. The Morgan fingerprint density at radius 1 is 1.40 bits per heavy atom. The fraction of sp³-hybridized carbons (Fsp3) is 0.429. The van der Waals surface area contributed by atoms with Crippen LogP contribution in [0.25, 0.3) is 0 Å². The Hall–Kier alpha value is -1.75. The minimum absolute atomic E-state index is 0.289. The summed E-state index contributed by atoms with van der Waals surface area (Å²) in [7, 11) is 0. The largest absolute Gasteiger partial charge is 0.464 e. The maximum atomic E-state index is 12.2. The first-order valence-corrected chi connectivity index (χ1v) is 6.99. The number of ether oxygens (including phenoxy) is 1. The van der Waals surface area contributed by atoms with Crippen molar-refractivity contribution >= 4 is 29.3 Å². The van der Waals surface area contributed by atoms with Gasteiger partial charge in [0.2, 0.25) is 0 Å². The van der Waals surface area contributed by atoms with Gasteiger partial charge in [0.05, 0.1) is 6.61 Å². The van der Waals surface area contributed by atoms with E-state index in [1.807, 2.05) is 0 Å². The molecule has 2 amide bonds. The smallest absolute Gasteiger partial charge is 0.328 e. The van der Waals surface area contributed by atoms with Gasteiger partial charge in [0.15, 0.2) is 0 Å². The van der Waals surface area contributed by atoms with Gasteiger partial charge in [-0.3, -0.25) is 0 Å². The predicted molar refractivity (Wildman–Crippen MR) is 76.8 cm³/mol. The Bertz CT molecular complexity index is 490. The van der Waals surface area contributed by atoms with Crippen LogP contribution >= 0.6 is 11.6 Å². The van der Waals surface area contributed by atoms with Crippen molar-refractivity contribution in [3.05, 3.63) is 29.3 Å². The molecule has 0 saturated carbocycles. The monoisotopic (exact) mass is 296 g/mol. The average Bonchev–Trinajstić information content (AvgIpc) is 2.91. The number of anilines is 1. The average molecular weight is 297 g/mol. The summed E-state index contributed by atoms with van der Waals surface area (Å²) in [5.41, 5.74) is 0.647. The van der Waals surface area contributed by atoms with Gasteiger partial charge in [-0.25, -0.2) is 9.59 Å². The molecule has 5 nitrogen and oxygen atoms in total. The number of amides is 2. The standard InChI is InChI=1S/C14H17ClN2O3/c1-2-20-13(18)12-4-3-9-17(12)14(19)16-11-7-5-10(15)6-8-11/h5-8,12H,2-4,9H2,1H3,(H,16,19). The van der Waals surface area contributed by atoms with Gasteiger partial charge in [0.1, 0.15) is 6.04 Å². The lowest BCUT2D eigenvalue weighted by Gasteiger charge is -2.23. The van der Waals surface area contributed by atoms with Gasteiger partial charge >= 0.3 is 12.0 Å². The molecule has 20 heavy (non-hydrogen) atoms. The van der Waals surface area contributed by atoms with Crippen LogP contribution in [0.1, 0.15) is 19.8 Å². The number of likely N-dealkylation sites (tertiary alicyclic amines) is 1. The van der Waals surface area contributed by atoms with Crippen LogP contribution in [0.15, 0.2) is 24.3 Å². The normalized spacial score (nSPS) is 17.9. The maximum Gasteiger partial charge on any atom is 0.328 e. The minimum Gasteiger partial charge on any atom is -0.464 e. The number of halogens is 1. The van der Waals surface area contributed by atoms with Gasteiger partial charge in [0.25, 0.3) is 0 Å². The lowest BCUT2D eigenvalue weighted by atomic mass is 10.2. The fourth-order valence-corrected chi connectivity index (χ4v) is 2.35. The predicted octanol–water partition coefficient (Wildman–Crippen LogP) is 2.90. The van der Waals surface area contributed by atoms with Gasteiger partial charge in [-0.05, 0) is 44.0 Å². The number of carbonyl (C=O) groups is 2. The zero-order valence-corrected chi connectivity index (χ0v) is 12.0. The number of hydrogen-bond donors (Lipinski definition) is 1. The molecule has 1 fully saturated rings. The Balaban J connectivity index is 2.00. The lowest BCUT2D eigenvalue weighted by molar-refractivity contribution is -0.147. The zero-order valence-electron chi connectivity index (χ0n) is 11.3. The first-order chi connectivity index (χ1) is 9.61. The highest BCUT2D eigenvalue weighted by Gasteiger charge is 2.35. The summed E-state index contributed by atoms with van der Waals surface area (Å²) in [6.45, 7) is 2.63. The van der Waals surface area contributed by atoms with Crippen molar-refractivity contribution in [3.63, 3.8) is 0 Å². The van der Waals surface area contributed by atoms with Gasteiger partial charge in [-0.1, -0.05) is 11.6 Å². The zero-order chi connectivity index (χ0) is 14.5. The van der Waals surface area contributed by atoms with E-state index in [9.17, 15) is 9.59 Å². The molecule has 0 aliphatic carbocycles. The second-order valence-corrected chi connectivity index (χ2v) is 4.98. The Morgan fingerprint density at radius 3 is 2.75 bits per heavy atom. The number of rotatable bonds is 3. The van der Waals surface area contributed by atoms with Crippen LogP contribution in [0, 0.1) is 0 Å². The van der Waals surface area contributed by atoms with E-state index in [0.29, 0.717) is 30.3 Å². The van der Waals surface area contributed by atoms with Crippen molar-refractivity contribution in [2.24, 2.45) is 0 Å². The molecule has 1 unspecified atom stereocenters. The number of esters is 1. The van der Waals surface area contributed by atoms with E-state index in [-0.39, 0.29) is 12.0 Å². The topological polar surface area (TPSA) is 58.6 Å². The third-order valence-corrected chi connectivity index (χ3v) is 3.42. The van der Waals surface area contributed by atoms with E-state index < -0.39 is 6.04 Å². The third kappa shape index (κ3) is 3.42. The fourth-order valence-electron chi connectivity index (χ4n) is 2.22. The summed E-state index contributed by atoms with van der Waals surface area (Å²) in [6.07, 6.45) is 1.45. The first-order valence-electron chi connectivity index (χ1n) is 6.61. The van der Waals surface area contributed by atoms with Crippen LogP contribution in [0.5, 0.6) is 0 Å². The molecule has 1 aromatic rings. The number of carbonyl (C=O) groups excluding carboxylic acids is 2. The SMILES string of the molecule is CCOC(=O)C1CCCN1C(=O)Nc1ccc(Cl)cc1. The summed E-state index contributed by atoms with van der Waals surface area (Å²) in [4.78, 5) is 25.5. The Kier molecular flexibility index (Phi) is 4.84. The van der Waals surface area contributed by atoms with E-state index in [1.165, 1.54) is 4.90 Å². The van der Waals surface area contributed by atoms with Gasteiger partial charge in [0, 0.05) is 17.3 Å². The molecule has 1 saturated heterocycles. The highest BCUT2D eigenvalue weighted by atomic mass is 35.5. The molecule has 0 radical (unpaired) electrons. The molecule has 1 atom stereocenters. The van der Waals surface area contributed by atoms with Crippen molar-refractivity contribution in [2.75, 3.05) is 18.5 Å². The molecule has 1 aliphatic rings. The summed E-state index contributed by atoms with van der Waals surface area (Å²) in [6, 6.07) is 6.06. The number of urea groups is 1. The molecule has 6 heteroatoms. The maximum absolute atomic E-state index is 12.2. The molecule has 0 aromatic heterocycles. The van der Waals surface area contributed by atoms with Crippen LogP contribution in [0.2, 0.25) is 5.02 Å². The first kappa shape index (κ1) is 14.7. The second-order valence-electron chi connectivity index (χ2n) is 4.54. The van der Waals surface area contributed by atoms with Gasteiger partial charge in [-0.2, -0.15) is 0 Å². The summed E-state index contributed by atoms with van der Waals surface area (Å²) >= 11 is 5.79. The van der Waals surface area contributed by atoms with E-state index in [4.69, 9.17) is 16.3 Å². The van der Waals surface area contributed by atoms with Crippen molar-refractivity contribution < 1.29 is 14.3 Å². The minimum atomic E-state index is -0.484. The highest BCUT2D eigenvalue weighted by Crippen LogP contribution is 2.20. The molecule has 2 rings (SSSR count). The molecule has 1 aromatic carbocycles. The second kappa shape index (κ2) is 6.61. The third-order valence-electron chi connectivity index (χ3n) is 3.17. The van der Waals surface area contributed by atoms with Crippen LogP contribution in [0.3, 0.4) is 0 Å². The van der Waals surface area contributed by atoms with Crippen molar-refractivity contribution in [1.82, 2.24) is 4.90 Å². The van der Waals surface area contributed by atoms with Crippen molar-refractivity contribution in [1.29, 1.82) is 0 Å². The quantitative estimate of drug-likeness (QED) is 0.873. The van der Waals surface area contributed by atoms with Gasteiger partial charge < -0.3 is 15.0 Å². The van der Waals surface area contributed by atoms with Crippen LogP contribution < -0.4 is 5.32 Å². The summed E-state index contributed by atoms with van der Waals surface area (Å²) in [5.74, 6) is -0.337. The molecule has 1 aliphatic heterocycles. The van der Waals surface area contributed by atoms with Crippen LogP contribution in [-0.4, -0.2) is 36.1 Å². The summed E-state index contributed by atoms with van der Waals surface area (Å²) < 4.78 is 4.99. The highest BCUT2D eigenvalue weighted by molar-refractivity contribution is 6.30. The van der Waals surface area contributed by atoms with Crippen LogP contribution in [0.4, 0.5) is 10.5 Å². The number of nitrogens with zero attached hydrogens (tertiary/aromatic N) is 1. The van der Waals surface area contributed by atoms with Crippen LogP contribution in [-0.2, 0) is 9.53 Å². The van der Waals surface area contributed by atoms with E-state index in [0.717, 1.165) is 6.42 Å².